The summed E-state index contributed by atoms with van der Waals surface area (Å²) in [6.45, 7) is 7.98. The van der Waals surface area contributed by atoms with Gasteiger partial charge in [0.05, 0.1) is 18.8 Å². The summed E-state index contributed by atoms with van der Waals surface area (Å²) >= 11 is 5.90. The number of aromatic nitrogens is 2. The second-order valence-electron chi connectivity index (χ2n) is 5.44. The first kappa shape index (κ1) is 17.3. The molecule has 2 rings (SSSR count). The molecule has 0 unspecified atom stereocenters. The Morgan fingerprint density at radius 3 is 2.61 bits per heavy atom. The molecular weight excluding hydrogens is 312 g/mol. The average molecular weight is 335 g/mol. The van der Waals surface area contributed by atoms with Gasteiger partial charge in [0.15, 0.2) is 0 Å². The van der Waals surface area contributed by atoms with Crippen molar-refractivity contribution in [3.63, 3.8) is 0 Å². The van der Waals surface area contributed by atoms with Crippen LogP contribution in [0.2, 0.25) is 5.02 Å². The van der Waals surface area contributed by atoms with E-state index in [0.29, 0.717) is 18.1 Å². The van der Waals surface area contributed by atoms with Crippen LogP contribution in [0.5, 0.6) is 0 Å². The van der Waals surface area contributed by atoms with Gasteiger partial charge in [0, 0.05) is 29.9 Å². The normalized spacial score (nSPS) is 12.0. The number of hydrogen-bond donors (Lipinski definition) is 1. The molecule has 2 aromatic rings. The molecule has 1 heterocycles. The lowest BCUT2D eigenvalue weighted by atomic mass is 10.1. The van der Waals surface area contributed by atoms with Gasteiger partial charge in [0.25, 0.3) is 0 Å². The van der Waals surface area contributed by atoms with Gasteiger partial charge in [-0.3, -0.25) is 4.68 Å². The van der Waals surface area contributed by atoms with Gasteiger partial charge >= 0.3 is 6.03 Å². The predicted octanol–water partition coefficient (Wildman–Crippen LogP) is 3.85. The topological polar surface area (TPSA) is 50.2 Å². The van der Waals surface area contributed by atoms with E-state index in [-0.39, 0.29) is 12.1 Å². The van der Waals surface area contributed by atoms with E-state index in [1.165, 1.54) is 0 Å². The minimum absolute atomic E-state index is 0.0767. The van der Waals surface area contributed by atoms with Crippen LogP contribution in [0, 0.1) is 0 Å². The molecule has 1 aromatic carbocycles. The Labute approximate surface area is 142 Å². The van der Waals surface area contributed by atoms with E-state index in [0.717, 1.165) is 17.7 Å². The van der Waals surface area contributed by atoms with Gasteiger partial charge in [-0.2, -0.15) is 5.10 Å². The predicted molar refractivity (Wildman–Crippen MR) is 92.4 cm³/mol. The monoisotopic (exact) mass is 334 g/mol. The molecule has 0 radical (unpaired) electrons. The molecule has 0 aliphatic rings. The summed E-state index contributed by atoms with van der Waals surface area (Å²) < 4.78 is 1.86. The molecule has 0 aliphatic heterocycles. The Morgan fingerprint density at radius 2 is 2.04 bits per heavy atom. The fourth-order valence-corrected chi connectivity index (χ4v) is 2.45. The van der Waals surface area contributed by atoms with Crippen LogP contribution in [0.3, 0.4) is 0 Å². The zero-order valence-electron chi connectivity index (χ0n) is 13.8. The number of carbonyl (C=O) groups is 1. The summed E-state index contributed by atoms with van der Waals surface area (Å²) in [5, 5.41) is 7.96. The maximum absolute atomic E-state index is 12.5. The van der Waals surface area contributed by atoms with E-state index < -0.39 is 0 Å². The number of nitrogens with zero attached hydrogens (tertiary/aromatic N) is 3. The van der Waals surface area contributed by atoms with Crippen LogP contribution < -0.4 is 5.32 Å². The maximum Gasteiger partial charge on any atom is 0.318 e. The van der Waals surface area contributed by atoms with Gasteiger partial charge in [0.2, 0.25) is 0 Å². The number of rotatable bonds is 6. The minimum Gasteiger partial charge on any atom is -0.331 e. The highest BCUT2D eigenvalue weighted by Crippen LogP contribution is 2.16. The molecule has 124 valence electrons. The lowest BCUT2D eigenvalue weighted by Crippen LogP contribution is -2.40. The molecular formula is C17H23ClN4O. The van der Waals surface area contributed by atoms with E-state index in [1.807, 2.05) is 62.1 Å². The van der Waals surface area contributed by atoms with Crippen molar-refractivity contribution in [2.45, 2.75) is 39.9 Å². The van der Waals surface area contributed by atoms with E-state index in [1.54, 1.807) is 4.90 Å². The molecule has 0 aliphatic carbocycles. The largest absolute Gasteiger partial charge is 0.331 e. The number of amides is 2. The molecule has 0 bridgehead atoms. The lowest BCUT2D eigenvalue weighted by molar-refractivity contribution is 0.195. The molecule has 0 fully saturated rings. The summed E-state index contributed by atoms with van der Waals surface area (Å²) in [4.78, 5) is 14.2. The van der Waals surface area contributed by atoms with Crippen molar-refractivity contribution < 1.29 is 4.79 Å². The number of nitrogens with one attached hydrogen (secondary N) is 1. The van der Waals surface area contributed by atoms with Crippen LogP contribution in [-0.4, -0.2) is 27.3 Å². The number of aryl methyl sites for hydroxylation is 1. The Bertz CT molecular complexity index is 638. The molecule has 0 saturated heterocycles. The fraction of sp³-hybridized carbons (Fsp3) is 0.412. The van der Waals surface area contributed by atoms with Crippen LogP contribution in [0.15, 0.2) is 36.7 Å². The van der Waals surface area contributed by atoms with Crippen LogP contribution in [0.25, 0.3) is 0 Å². The number of halogens is 1. The molecule has 0 spiro atoms. The number of urea groups is 1. The van der Waals surface area contributed by atoms with Crippen molar-refractivity contribution in [2.24, 2.45) is 0 Å². The van der Waals surface area contributed by atoms with E-state index >= 15 is 0 Å². The third kappa shape index (κ3) is 4.73. The highest BCUT2D eigenvalue weighted by atomic mass is 35.5. The molecule has 23 heavy (non-hydrogen) atoms. The SMILES string of the molecule is CCN(Cc1cnn(CC)c1)C(=O)N[C@H](C)c1ccc(Cl)cc1. The molecule has 1 atom stereocenters. The van der Waals surface area contributed by atoms with E-state index in [2.05, 4.69) is 10.4 Å². The van der Waals surface area contributed by atoms with Crippen LogP contribution >= 0.6 is 11.6 Å². The van der Waals surface area contributed by atoms with E-state index in [4.69, 9.17) is 11.6 Å². The maximum atomic E-state index is 12.5. The van der Waals surface area contributed by atoms with Crippen molar-refractivity contribution in [1.82, 2.24) is 20.0 Å². The van der Waals surface area contributed by atoms with E-state index in [9.17, 15) is 4.79 Å². The fourth-order valence-electron chi connectivity index (χ4n) is 2.32. The van der Waals surface area contributed by atoms with Gasteiger partial charge in [-0.05, 0) is 38.5 Å². The van der Waals surface area contributed by atoms with Crippen molar-refractivity contribution in [1.29, 1.82) is 0 Å². The third-order valence-corrected chi connectivity index (χ3v) is 4.02. The minimum atomic E-state index is -0.0841. The Kier molecular flexibility index (Phi) is 6.04. The summed E-state index contributed by atoms with van der Waals surface area (Å²) in [6.07, 6.45) is 3.78. The summed E-state index contributed by atoms with van der Waals surface area (Å²) in [6, 6.07) is 7.35. The standard InChI is InChI=1S/C17H23ClN4O/c1-4-21(11-14-10-19-22(5-2)12-14)17(23)20-13(3)15-6-8-16(18)9-7-15/h6-10,12-13H,4-5,11H2,1-3H3,(H,20,23)/t13-/m1/s1. The van der Waals surface area contributed by atoms with Crippen molar-refractivity contribution in [2.75, 3.05) is 6.54 Å². The van der Waals surface area contributed by atoms with Crippen LogP contribution in [0.1, 0.15) is 37.9 Å². The zero-order chi connectivity index (χ0) is 16.8. The number of hydrogen-bond acceptors (Lipinski definition) is 2. The smallest absolute Gasteiger partial charge is 0.318 e. The van der Waals surface area contributed by atoms with Crippen molar-refractivity contribution in [3.05, 3.63) is 52.8 Å². The van der Waals surface area contributed by atoms with Crippen LogP contribution in [-0.2, 0) is 13.1 Å². The van der Waals surface area contributed by atoms with Gasteiger partial charge < -0.3 is 10.2 Å². The zero-order valence-corrected chi connectivity index (χ0v) is 14.5. The molecule has 1 N–H and O–H groups in total. The lowest BCUT2D eigenvalue weighted by Gasteiger charge is -2.23. The summed E-state index contributed by atoms with van der Waals surface area (Å²) in [7, 11) is 0. The van der Waals surface area contributed by atoms with Crippen molar-refractivity contribution >= 4 is 17.6 Å². The first-order valence-corrected chi connectivity index (χ1v) is 8.23. The quantitative estimate of drug-likeness (QED) is 0.872. The number of benzene rings is 1. The summed E-state index contributed by atoms with van der Waals surface area (Å²) in [5.41, 5.74) is 2.06. The van der Waals surface area contributed by atoms with Crippen LogP contribution in [0.4, 0.5) is 4.79 Å². The molecule has 6 heteroatoms. The highest BCUT2D eigenvalue weighted by Gasteiger charge is 2.16. The molecule has 1 aromatic heterocycles. The van der Waals surface area contributed by atoms with Gasteiger partial charge in [-0.25, -0.2) is 4.79 Å². The summed E-state index contributed by atoms with van der Waals surface area (Å²) in [5.74, 6) is 0. The number of carbonyl (C=O) groups excluding carboxylic acids is 1. The molecule has 0 saturated carbocycles. The Hall–Kier alpha value is -2.01. The Morgan fingerprint density at radius 1 is 1.35 bits per heavy atom. The average Bonchev–Trinajstić information content (AvgIpc) is 3.00. The molecule has 5 nitrogen and oxygen atoms in total. The van der Waals surface area contributed by atoms with Gasteiger partial charge in [-0.15, -0.1) is 0 Å². The second-order valence-corrected chi connectivity index (χ2v) is 5.88. The second kappa shape index (κ2) is 8.02. The first-order valence-electron chi connectivity index (χ1n) is 7.85. The van der Waals surface area contributed by atoms with Crippen molar-refractivity contribution in [3.8, 4) is 0 Å². The molecule has 2 amide bonds. The first-order chi connectivity index (χ1) is 11.0. The third-order valence-electron chi connectivity index (χ3n) is 3.76. The highest BCUT2D eigenvalue weighted by molar-refractivity contribution is 6.30. The van der Waals surface area contributed by atoms with Gasteiger partial charge in [-0.1, -0.05) is 23.7 Å². The van der Waals surface area contributed by atoms with Gasteiger partial charge in [0.1, 0.15) is 0 Å². The Balaban J connectivity index is 1.97.